The molecule has 106 valence electrons. The first-order valence-electron chi connectivity index (χ1n) is 6.35. The average Bonchev–Trinajstić information content (AvgIpc) is 3.08. The molecule has 0 aliphatic carbocycles. The first-order valence-corrected chi connectivity index (χ1v) is 7.98. The summed E-state index contributed by atoms with van der Waals surface area (Å²) in [6, 6.07) is 12.0. The van der Waals surface area contributed by atoms with Crippen LogP contribution in [0.3, 0.4) is 0 Å². The van der Waals surface area contributed by atoms with Gasteiger partial charge in [0.15, 0.2) is 10.3 Å². The number of aromatic nitrogens is 2. The molecule has 2 aromatic carbocycles. The van der Waals surface area contributed by atoms with Crippen LogP contribution in [0, 0.1) is 17.1 Å². The van der Waals surface area contributed by atoms with E-state index in [2.05, 4.69) is 21.4 Å². The first-order chi connectivity index (χ1) is 10.7. The van der Waals surface area contributed by atoms with Gasteiger partial charge in [0.2, 0.25) is 0 Å². The monoisotopic (exact) mass is 326 g/mol. The second-order valence-corrected chi connectivity index (χ2v) is 6.63. The Balaban J connectivity index is 1.71. The molecular weight excluding hydrogens is 319 g/mol. The van der Waals surface area contributed by atoms with Crippen molar-refractivity contribution in [1.82, 2.24) is 9.97 Å². The molecule has 0 aliphatic rings. The van der Waals surface area contributed by atoms with Gasteiger partial charge in [-0.2, -0.15) is 5.26 Å². The van der Waals surface area contributed by atoms with Crippen LogP contribution in [0.2, 0.25) is 0 Å². The van der Waals surface area contributed by atoms with E-state index in [4.69, 9.17) is 5.26 Å². The standard InChI is InChI=1S/C15H7FN4S2/c16-9-2-4-11-13(6-9)22-15(19-11)20-14-18-10-3-1-8(7-17)5-12(10)21-14/h1-6H,(H,18,19,20). The quantitative estimate of drug-likeness (QED) is 0.582. The highest BCUT2D eigenvalue weighted by molar-refractivity contribution is 7.24. The van der Waals surface area contributed by atoms with Crippen molar-refractivity contribution in [3.63, 3.8) is 0 Å². The number of fused-ring (bicyclic) bond motifs is 2. The molecule has 0 bridgehead atoms. The van der Waals surface area contributed by atoms with Crippen LogP contribution < -0.4 is 5.32 Å². The minimum absolute atomic E-state index is 0.272. The number of hydrogen-bond acceptors (Lipinski definition) is 6. The van der Waals surface area contributed by atoms with E-state index < -0.39 is 0 Å². The highest BCUT2D eigenvalue weighted by Gasteiger charge is 2.09. The Hall–Kier alpha value is -2.56. The van der Waals surface area contributed by atoms with Gasteiger partial charge < -0.3 is 5.32 Å². The average molecular weight is 326 g/mol. The largest absolute Gasteiger partial charge is 0.307 e. The Bertz CT molecular complexity index is 1040. The lowest BCUT2D eigenvalue weighted by atomic mass is 10.2. The highest BCUT2D eigenvalue weighted by atomic mass is 32.1. The lowest BCUT2D eigenvalue weighted by Crippen LogP contribution is -1.87. The Kier molecular flexibility index (Phi) is 2.99. The topological polar surface area (TPSA) is 61.6 Å². The Morgan fingerprint density at radius 2 is 1.59 bits per heavy atom. The number of nitrogens with one attached hydrogen (secondary N) is 1. The fourth-order valence-electron chi connectivity index (χ4n) is 2.09. The molecule has 4 aromatic rings. The lowest BCUT2D eigenvalue weighted by Gasteiger charge is -1.93. The number of nitrogens with zero attached hydrogens (tertiary/aromatic N) is 3. The fourth-order valence-corrected chi connectivity index (χ4v) is 3.95. The van der Waals surface area contributed by atoms with Gasteiger partial charge in [-0.1, -0.05) is 22.7 Å². The van der Waals surface area contributed by atoms with E-state index in [0.717, 1.165) is 20.4 Å². The highest BCUT2D eigenvalue weighted by Crippen LogP contribution is 2.32. The summed E-state index contributed by atoms with van der Waals surface area (Å²) in [6.07, 6.45) is 0. The fraction of sp³-hybridized carbons (Fsp3) is 0. The number of benzene rings is 2. The van der Waals surface area contributed by atoms with Gasteiger partial charge in [-0.05, 0) is 36.4 Å². The van der Waals surface area contributed by atoms with E-state index in [1.165, 1.54) is 34.8 Å². The van der Waals surface area contributed by atoms with Crippen LogP contribution in [0.4, 0.5) is 14.7 Å². The number of hydrogen-bond donors (Lipinski definition) is 1. The molecule has 0 aliphatic heterocycles. The lowest BCUT2D eigenvalue weighted by molar-refractivity contribution is 0.630. The minimum atomic E-state index is -0.272. The predicted molar refractivity (Wildman–Crippen MR) is 87.2 cm³/mol. The number of rotatable bonds is 2. The molecule has 1 N–H and O–H groups in total. The Morgan fingerprint density at radius 3 is 2.27 bits per heavy atom. The summed E-state index contributed by atoms with van der Waals surface area (Å²) in [5.41, 5.74) is 2.19. The van der Waals surface area contributed by atoms with Gasteiger partial charge in [0.05, 0.1) is 32.1 Å². The van der Waals surface area contributed by atoms with E-state index in [9.17, 15) is 4.39 Å². The molecular formula is C15H7FN4S2. The Morgan fingerprint density at radius 1 is 0.955 bits per heavy atom. The molecule has 0 amide bonds. The zero-order valence-corrected chi connectivity index (χ0v) is 12.6. The summed E-state index contributed by atoms with van der Waals surface area (Å²) in [6.45, 7) is 0. The van der Waals surface area contributed by atoms with Crippen LogP contribution in [-0.2, 0) is 0 Å². The maximum absolute atomic E-state index is 13.2. The molecule has 0 saturated heterocycles. The summed E-state index contributed by atoms with van der Waals surface area (Å²) in [5, 5.41) is 13.4. The number of thiazole rings is 2. The molecule has 0 atom stereocenters. The van der Waals surface area contributed by atoms with Crippen molar-refractivity contribution >= 4 is 53.4 Å². The maximum atomic E-state index is 13.2. The van der Waals surface area contributed by atoms with Crippen molar-refractivity contribution in [2.75, 3.05) is 5.32 Å². The van der Waals surface area contributed by atoms with Crippen LogP contribution in [0.25, 0.3) is 20.4 Å². The van der Waals surface area contributed by atoms with Crippen molar-refractivity contribution in [2.45, 2.75) is 0 Å². The second-order valence-electron chi connectivity index (χ2n) is 4.57. The third-order valence-electron chi connectivity index (χ3n) is 3.08. The van der Waals surface area contributed by atoms with Crippen molar-refractivity contribution < 1.29 is 4.39 Å². The molecule has 0 radical (unpaired) electrons. The minimum Gasteiger partial charge on any atom is -0.307 e. The van der Waals surface area contributed by atoms with Crippen molar-refractivity contribution in [2.24, 2.45) is 0 Å². The molecule has 4 nitrogen and oxygen atoms in total. The van der Waals surface area contributed by atoms with Crippen LogP contribution >= 0.6 is 22.7 Å². The number of anilines is 2. The summed E-state index contributed by atoms with van der Waals surface area (Å²) >= 11 is 2.83. The van der Waals surface area contributed by atoms with Crippen molar-refractivity contribution in [3.05, 3.63) is 47.8 Å². The summed E-state index contributed by atoms with van der Waals surface area (Å²) in [4.78, 5) is 8.87. The van der Waals surface area contributed by atoms with Gasteiger partial charge in [0.25, 0.3) is 0 Å². The molecule has 22 heavy (non-hydrogen) atoms. The van der Waals surface area contributed by atoms with Crippen LogP contribution in [-0.4, -0.2) is 9.97 Å². The molecule has 0 saturated carbocycles. The normalized spacial score (nSPS) is 10.9. The van der Waals surface area contributed by atoms with E-state index in [1.54, 1.807) is 12.1 Å². The molecule has 7 heteroatoms. The van der Waals surface area contributed by atoms with Gasteiger partial charge in [0.1, 0.15) is 5.82 Å². The molecule has 0 fully saturated rings. The third-order valence-corrected chi connectivity index (χ3v) is 4.95. The Labute approximate surface area is 132 Å². The molecule has 0 spiro atoms. The van der Waals surface area contributed by atoms with E-state index >= 15 is 0 Å². The van der Waals surface area contributed by atoms with Gasteiger partial charge in [-0.15, -0.1) is 0 Å². The maximum Gasteiger partial charge on any atom is 0.190 e. The van der Waals surface area contributed by atoms with Gasteiger partial charge in [-0.3, -0.25) is 0 Å². The number of nitriles is 1. The summed E-state index contributed by atoms with van der Waals surface area (Å²) in [7, 11) is 0. The zero-order chi connectivity index (χ0) is 15.1. The van der Waals surface area contributed by atoms with Crippen LogP contribution in [0.5, 0.6) is 0 Å². The second kappa shape index (κ2) is 5.02. The van der Waals surface area contributed by atoms with E-state index in [1.807, 2.05) is 12.1 Å². The summed E-state index contributed by atoms with van der Waals surface area (Å²) < 4.78 is 14.9. The summed E-state index contributed by atoms with van der Waals surface area (Å²) in [5.74, 6) is -0.272. The van der Waals surface area contributed by atoms with E-state index in [-0.39, 0.29) is 5.82 Å². The smallest absolute Gasteiger partial charge is 0.190 e. The van der Waals surface area contributed by atoms with Crippen LogP contribution in [0.15, 0.2) is 36.4 Å². The SMILES string of the molecule is N#Cc1ccc2nc(Nc3nc4ccc(F)cc4s3)sc2c1. The molecule has 0 unspecified atom stereocenters. The number of halogens is 1. The third kappa shape index (κ3) is 2.28. The van der Waals surface area contributed by atoms with E-state index in [0.29, 0.717) is 15.8 Å². The molecule has 2 aromatic heterocycles. The molecule has 2 heterocycles. The van der Waals surface area contributed by atoms with Gasteiger partial charge >= 0.3 is 0 Å². The van der Waals surface area contributed by atoms with Crippen molar-refractivity contribution in [3.8, 4) is 6.07 Å². The zero-order valence-electron chi connectivity index (χ0n) is 11.0. The first kappa shape index (κ1) is 13.1. The molecule has 4 rings (SSSR count). The van der Waals surface area contributed by atoms with Gasteiger partial charge in [0, 0.05) is 0 Å². The van der Waals surface area contributed by atoms with Crippen LogP contribution in [0.1, 0.15) is 5.56 Å². The van der Waals surface area contributed by atoms with Crippen molar-refractivity contribution in [1.29, 1.82) is 5.26 Å². The predicted octanol–water partition coefficient (Wildman–Crippen LogP) is 4.66. The van der Waals surface area contributed by atoms with Gasteiger partial charge in [-0.25, -0.2) is 14.4 Å².